The van der Waals surface area contributed by atoms with Crippen molar-refractivity contribution in [2.24, 2.45) is 0 Å². The summed E-state index contributed by atoms with van der Waals surface area (Å²) in [5.41, 5.74) is 0.760. The van der Waals surface area contributed by atoms with E-state index < -0.39 is 0 Å². The summed E-state index contributed by atoms with van der Waals surface area (Å²) < 4.78 is 5.14. The molecule has 1 saturated heterocycles. The lowest BCUT2D eigenvalue weighted by Crippen LogP contribution is -2.48. The Morgan fingerprint density at radius 3 is 3.05 bits per heavy atom. The fourth-order valence-corrected chi connectivity index (χ4v) is 2.30. The number of piperidine rings is 1. The van der Waals surface area contributed by atoms with E-state index in [1.165, 1.54) is 0 Å². The van der Waals surface area contributed by atoms with Crippen LogP contribution in [0, 0.1) is 0 Å². The van der Waals surface area contributed by atoms with Gasteiger partial charge in [-0.2, -0.15) is 0 Å². The van der Waals surface area contributed by atoms with Crippen molar-refractivity contribution in [3.05, 3.63) is 24.3 Å². The summed E-state index contributed by atoms with van der Waals surface area (Å²) in [6.45, 7) is 1.57. The zero-order valence-corrected chi connectivity index (χ0v) is 11.5. The number of amides is 2. The molecule has 104 valence electrons. The number of hydrogen-bond acceptors (Lipinski definition) is 3. The largest absolute Gasteiger partial charge is 0.497 e. The summed E-state index contributed by atoms with van der Waals surface area (Å²) in [5.74, 6) is 0.740. The van der Waals surface area contributed by atoms with E-state index >= 15 is 0 Å². The maximum absolute atomic E-state index is 12.2. The number of methoxy groups -OCH3 is 1. The molecule has 2 N–H and O–H groups in total. The smallest absolute Gasteiger partial charge is 0.321 e. The molecule has 5 heteroatoms. The molecular formula is C14H21N3O2. The highest BCUT2D eigenvalue weighted by molar-refractivity contribution is 5.89. The second-order valence-corrected chi connectivity index (χ2v) is 4.74. The van der Waals surface area contributed by atoms with Gasteiger partial charge in [0.2, 0.25) is 0 Å². The summed E-state index contributed by atoms with van der Waals surface area (Å²) in [6, 6.07) is 7.74. The summed E-state index contributed by atoms with van der Waals surface area (Å²) in [4.78, 5) is 14.0. The van der Waals surface area contributed by atoms with Gasteiger partial charge in [0.15, 0.2) is 0 Å². The van der Waals surface area contributed by atoms with Gasteiger partial charge in [0.25, 0.3) is 0 Å². The van der Waals surface area contributed by atoms with Gasteiger partial charge in [-0.05, 0) is 32.0 Å². The van der Waals surface area contributed by atoms with Crippen LogP contribution in [0.15, 0.2) is 24.3 Å². The predicted octanol–water partition coefficient (Wildman–Crippen LogP) is 1.91. The maximum Gasteiger partial charge on any atom is 0.321 e. The van der Waals surface area contributed by atoms with E-state index in [4.69, 9.17) is 4.74 Å². The number of hydrogen-bond donors (Lipinski definition) is 2. The number of nitrogens with zero attached hydrogens (tertiary/aromatic N) is 1. The molecule has 0 aliphatic carbocycles. The second kappa shape index (κ2) is 6.43. The molecule has 0 saturated carbocycles. The number of carbonyl (C=O) groups is 1. The number of likely N-dealkylation sites (N-methyl/N-ethyl adjacent to an activating group) is 1. The van der Waals surface area contributed by atoms with Crippen molar-refractivity contribution in [2.75, 3.05) is 32.6 Å². The standard InChI is InChI=1S/C14H21N3O2/c1-15-12-6-4-8-17(10-12)14(18)16-11-5-3-7-13(9-11)19-2/h3,5,7,9,12,15H,4,6,8,10H2,1-2H3,(H,16,18). The van der Waals surface area contributed by atoms with E-state index in [1.54, 1.807) is 7.11 Å². The van der Waals surface area contributed by atoms with Gasteiger partial charge in [0, 0.05) is 30.9 Å². The number of carbonyl (C=O) groups excluding carboxylic acids is 1. The molecule has 1 fully saturated rings. The highest BCUT2D eigenvalue weighted by Crippen LogP contribution is 2.18. The SMILES string of the molecule is CNC1CCCN(C(=O)Nc2cccc(OC)c2)C1. The van der Waals surface area contributed by atoms with Crippen LogP contribution >= 0.6 is 0 Å². The van der Waals surface area contributed by atoms with Crippen molar-refractivity contribution in [3.8, 4) is 5.75 Å². The third-order valence-electron chi connectivity index (χ3n) is 3.44. The molecule has 1 heterocycles. The van der Waals surface area contributed by atoms with Crippen molar-refractivity contribution in [3.63, 3.8) is 0 Å². The van der Waals surface area contributed by atoms with Gasteiger partial charge >= 0.3 is 6.03 Å². The monoisotopic (exact) mass is 263 g/mol. The number of rotatable bonds is 3. The minimum Gasteiger partial charge on any atom is -0.497 e. The normalized spacial score (nSPS) is 19.1. The highest BCUT2D eigenvalue weighted by atomic mass is 16.5. The van der Waals surface area contributed by atoms with Crippen LogP contribution in [0.25, 0.3) is 0 Å². The van der Waals surface area contributed by atoms with Crippen LogP contribution in [0.2, 0.25) is 0 Å². The minimum atomic E-state index is -0.0480. The Kier molecular flexibility index (Phi) is 4.63. The quantitative estimate of drug-likeness (QED) is 0.876. The third kappa shape index (κ3) is 3.61. The molecule has 0 spiro atoms. The first-order chi connectivity index (χ1) is 9.22. The van der Waals surface area contributed by atoms with Crippen molar-refractivity contribution in [2.45, 2.75) is 18.9 Å². The van der Waals surface area contributed by atoms with E-state index in [-0.39, 0.29) is 6.03 Å². The van der Waals surface area contributed by atoms with Crippen LogP contribution in [0.3, 0.4) is 0 Å². The summed E-state index contributed by atoms with van der Waals surface area (Å²) in [6.07, 6.45) is 2.16. The molecule has 19 heavy (non-hydrogen) atoms. The molecule has 5 nitrogen and oxygen atoms in total. The van der Waals surface area contributed by atoms with Gasteiger partial charge in [0.05, 0.1) is 7.11 Å². The van der Waals surface area contributed by atoms with Crippen molar-refractivity contribution in [1.29, 1.82) is 0 Å². The predicted molar refractivity (Wildman–Crippen MR) is 75.7 cm³/mol. The topological polar surface area (TPSA) is 53.6 Å². The molecule has 1 aromatic carbocycles. The van der Waals surface area contributed by atoms with E-state index in [9.17, 15) is 4.79 Å². The molecule has 1 aliphatic heterocycles. The van der Waals surface area contributed by atoms with Crippen LogP contribution in [0.5, 0.6) is 5.75 Å². The van der Waals surface area contributed by atoms with Crippen molar-refractivity contribution in [1.82, 2.24) is 10.2 Å². The molecule has 2 amide bonds. The number of nitrogens with one attached hydrogen (secondary N) is 2. The second-order valence-electron chi connectivity index (χ2n) is 4.74. The molecule has 2 rings (SSSR count). The Morgan fingerprint density at radius 2 is 2.32 bits per heavy atom. The van der Waals surface area contributed by atoms with E-state index in [0.29, 0.717) is 6.04 Å². The van der Waals surface area contributed by atoms with Crippen LogP contribution < -0.4 is 15.4 Å². The van der Waals surface area contributed by atoms with E-state index in [1.807, 2.05) is 36.2 Å². The summed E-state index contributed by atoms with van der Waals surface area (Å²) in [5, 5.41) is 6.14. The average molecular weight is 263 g/mol. The molecule has 1 aromatic rings. The average Bonchev–Trinajstić information content (AvgIpc) is 2.47. The number of anilines is 1. The Balaban J connectivity index is 1.96. The number of likely N-dealkylation sites (tertiary alicyclic amines) is 1. The van der Waals surface area contributed by atoms with Crippen LogP contribution in [0.1, 0.15) is 12.8 Å². The number of urea groups is 1. The Hall–Kier alpha value is -1.75. The Morgan fingerprint density at radius 1 is 1.47 bits per heavy atom. The number of ether oxygens (including phenoxy) is 1. The third-order valence-corrected chi connectivity index (χ3v) is 3.44. The number of benzene rings is 1. The highest BCUT2D eigenvalue weighted by Gasteiger charge is 2.22. The first-order valence-electron chi connectivity index (χ1n) is 6.60. The van der Waals surface area contributed by atoms with Crippen LogP contribution in [0.4, 0.5) is 10.5 Å². The maximum atomic E-state index is 12.2. The molecule has 1 unspecified atom stereocenters. The fraction of sp³-hybridized carbons (Fsp3) is 0.500. The van der Waals surface area contributed by atoms with Gasteiger partial charge in [-0.15, -0.1) is 0 Å². The zero-order chi connectivity index (χ0) is 13.7. The van der Waals surface area contributed by atoms with E-state index in [2.05, 4.69) is 10.6 Å². The van der Waals surface area contributed by atoms with Gasteiger partial charge in [-0.3, -0.25) is 0 Å². The van der Waals surface area contributed by atoms with Gasteiger partial charge in [-0.1, -0.05) is 6.07 Å². The van der Waals surface area contributed by atoms with Crippen LogP contribution in [-0.2, 0) is 0 Å². The molecule has 0 aromatic heterocycles. The Labute approximate surface area is 113 Å². The van der Waals surface area contributed by atoms with Gasteiger partial charge in [-0.25, -0.2) is 4.79 Å². The first kappa shape index (κ1) is 13.7. The molecule has 1 atom stereocenters. The molecular weight excluding hydrogens is 242 g/mol. The first-order valence-corrected chi connectivity index (χ1v) is 6.60. The summed E-state index contributed by atoms with van der Waals surface area (Å²) in [7, 11) is 3.55. The van der Waals surface area contributed by atoms with Gasteiger partial charge in [0.1, 0.15) is 5.75 Å². The lowest BCUT2D eigenvalue weighted by Gasteiger charge is -2.32. The molecule has 0 radical (unpaired) electrons. The summed E-state index contributed by atoms with van der Waals surface area (Å²) >= 11 is 0. The van der Waals surface area contributed by atoms with E-state index in [0.717, 1.165) is 37.4 Å². The minimum absolute atomic E-state index is 0.0480. The molecule has 1 aliphatic rings. The molecule has 0 bridgehead atoms. The zero-order valence-electron chi connectivity index (χ0n) is 11.5. The fourth-order valence-electron chi connectivity index (χ4n) is 2.30. The van der Waals surface area contributed by atoms with Gasteiger partial charge < -0.3 is 20.3 Å². The van der Waals surface area contributed by atoms with Crippen LogP contribution in [-0.4, -0.2) is 44.2 Å². The lowest BCUT2D eigenvalue weighted by molar-refractivity contribution is 0.187. The van der Waals surface area contributed by atoms with Crippen molar-refractivity contribution < 1.29 is 9.53 Å². The lowest BCUT2D eigenvalue weighted by atomic mass is 10.1. The Bertz CT molecular complexity index is 436. The van der Waals surface area contributed by atoms with Crippen molar-refractivity contribution >= 4 is 11.7 Å².